The van der Waals surface area contributed by atoms with Crippen molar-refractivity contribution in [1.82, 2.24) is 25.4 Å². The zero-order chi connectivity index (χ0) is 16.3. The summed E-state index contributed by atoms with van der Waals surface area (Å²) in [5, 5.41) is 10.6. The molecule has 7 nitrogen and oxygen atoms in total. The first-order chi connectivity index (χ1) is 11.3. The number of nitrogens with zero attached hydrogens (tertiary/aromatic N) is 4. The molecule has 2 N–H and O–H groups in total. The second-order valence-electron chi connectivity index (χ2n) is 5.03. The van der Waals surface area contributed by atoms with E-state index in [-0.39, 0.29) is 0 Å². The van der Waals surface area contributed by atoms with Crippen molar-refractivity contribution in [1.29, 1.82) is 0 Å². The number of ether oxygens (including phenoxy) is 1. The highest BCUT2D eigenvalue weighted by molar-refractivity contribution is 5.79. The van der Waals surface area contributed by atoms with E-state index >= 15 is 0 Å². The molecule has 0 bridgehead atoms. The van der Waals surface area contributed by atoms with E-state index < -0.39 is 0 Å². The molecule has 7 heteroatoms. The van der Waals surface area contributed by atoms with Crippen LogP contribution in [0.3, 0.4) is 0 Å². The van der Waals surface area contributed by atoms with Gasteiger partial charge in [0, 0.05) is 20.2 Å². The molecule has 23 heavy (non-hydrogen) atoms. The van der Waals surface area contributed by atoms with E-state index in [1.54, 1.807) is 24.4 Å². The highest BCUT2D eigenvalue weighted by atomic mass is 16.5. The summed E-state index contributed by atoms with van der Waals surface area (Å²) in [6.07, 6.45) is 3.26. The molecule has 0 saturated heterocycles. The molecule has 0 aliphatic heterocycles. The van der Waals surface area contributed by atoms with Gasteiger partial charge >= 0.3 is 0 Å². The molecule has 2 aromatic rings. The molecule has 0 aliphatic carbocycles. The normalized spacial score (nSPS) is 11.5. The van der Waals surface area contributed by atoms with Crippen LogP contribution in [0, 0.1) is 0 Å². The van der Waals surface area contributed by atoms with E-state index in [1.807, 2.05) is 13.0 Å². The van der Waals surface area contributed by atoms with E-state index in [0.29, 0.717) is 19.7 Å². The number of hydrogen-bond donors (Lipinski definition) is 2. The van der Waals surface area contributed by atoms with Gasteiger partial charge in [0.15, 0.2) is 5.96 Å². The van der Waals surface area contributed by atoms with Crippen LogP contribution in [0.15, 0.2) is 41.9 Å². The van der Waals surface area contributed by atoms with Crippen molar-refractivity contribution >= 4 is 5.96 Å². The number of aliphatic imine (C=N–C) groups is 1. The molecule has 1 aromatic carbocycles. The molecule has 0 unspecified atom stereocenters. The Labute approximate surface area is 136 Å². The van der Waals surface area contributed by atoms with Crippen molar-refractivity contribution < 1.29 is 4.74 Å². The number of rotatable bonds is 8. The van der Waals surface area contributed by atoms with Gasteiger partial charge in [-0.3, -0.25) is 0 Å². The number of benzene rings is 1. The lowest BCUT2D eigenvalue weighted by atomic mass is 10.1. The van der Waals surface area contributed by atoms with Gasteiger partial charge in [0.25, 0.3) is 0 Å². The Hall–Kier alpha value is -2.41. The van der Waals surface area contributed by atoms with Crippen LogP contribution in [-0.4, -0.2) is 47.5 Å². The third-order valence-electron chi connectivity index (χ3n) is 3.17. The number of guanidine groups is 1. The lowest BCUT2D eigenvalue weighted by molar-refractivity contribution is 0.203. The first kappa shape index (κ1) is 17.0. The fraction of sp³-hybridized carbons (Fsp3) is 0.438. The molecule has 0 amide bonds. The van der Waals surface area contributed by atoms with Crippen LogP contribution in [0.1, 0.15) is 18.1 Å². The van der Waals surface area contributed by atoms with Crippen LogP contribution in [0.25, 0.3) is 0 Å². The van der Waals surface area contributed by atoms with Crippen LogP contribution in [0.5, 0.6) is 0 Å². The third-order valence-corrected chi connectivity index (χ3v) is 3.17. The molecule has 0 aliphatic rings. The number of methoxy groups -OCH3 is 1. The van der Waals surface area contributed by atoms with Crippen LogP contribution in [0.2, 0.25) is 0 Å². The molecule has 0 spiro atoms. The van der Waals surface area contributed by atoms with Gasteiger partial charge in [-0.25, -0.2) is 14.7 Å². The minimum atomic E-state index is 0.619. The molecule has 0 radical (unpaired) electrons. The summed E-state index contributed by atoms with van der Waals surface area (Å²) in [7, 11) is 1.69. The summed E-state index contributed by atoms with van der Waals surface area (Å²) in [4.78, 5) is 8.56. The zero-order valence-corrected chi connectivity index (χ0v) is 13.7. The number of nitrogens with one attached hydrogen (secondary N) is 2. The minimum absolute atomic E-state index is 0.619. The maximum atomic E-state index is 5.04. The molecular formula is C16H24N6O. The van der Waals surface area contributed by atoms with Crippen molar-refractivity contribution in [3.8, 4) is 0 Å². The second kappa shape index (κ2) is 9.58. The molecule has 0 saturated carbocycles. The van der Waals surface area contributed by atoms with Gasteiger partial charge in [0.1, 0.15) is 12.7 Å². The van der Waals surface area contributed by atoms with Gasteiger partial charge in [-0.05, 0) is 18.1 Å². The topological polar surface area (TPSA) is 76.4 Å². The zero-order valence-electron chi connectivity index (χ0n) is 13.7. The first-order valence-electron chi connectivity index (χ1n) is 7.73. The van der Waals surface area contributed by atoms with Crippen LogP contribution in [-0.2, 0) is 17.8 Å². The maximum Gasteiger partial charge on any atom is 0.191 e. The average molecular weight is 316 g/mol. The molecular weight excluding hydrogens is 292 g/mol. The number of aromatic nitrogens is 3. The second-order valence-corrected chi connectivity index (χ2v) is 5.03. The summed E-state index contributed by atoms with van der Waals surface area (Å²) in [5.41, 5.74) is 2.34. The first-order valence-corrected chi connectivity index (χ1v) is 7.73. The molecule has 0 atom stereocenters. The van der Waals surface area contributed by atoms with Crippen LogP contribution < -0.4 is 10.6 Å². The van der Waals surface area contributed by atoms with E-state index in [4.69, 9.17) is 4.74 Å². The smallest absolute Gasteiger partial charge is 0.191 e. The fourth-order valence-electron chi connectivity index (χ4n) is 2.11. The summed E-state index contributed by atoms with van der Waals surface area (Å²) in [6.45, 7) is 5.58. The van der Waals surface area contributed by atoms with Gasteiger partial charge in [-0.15, -0.1) is 0 Å². The predicted molar refractivity (Wildman–Crippen MR) is 90.3 cm³/mol. The van der Waals surface area contributed by atoms with Gasteiger partial charge in [0.05, 0.1) is 19.7 Å². The maximum absolute atomic E-state index is 5.04. The summed E-state index contributed by atoms with van der Waals surface area (Å²) >= 11 is 0. The Balaban J connectivity index is 1.95. The Morgan fingerprint density at radius 3 is 2.91 bits per heavy atom. The lowest BCUT2D eigenvalue weighted by Gasteiger charge is -2.11. The molecule has 2 rings (SSSR count). The summed E-state index contributed by atoms with van der Waals surface area (Å²) in [6, 6.07) is 8.34. The Morgan fingerprint density at radius 1 is 1.30 bits per heavy atom. The van der Waals surface area contributed by atoms with Crippen molar-refractivity contribution in [3.63, 3.8) is 0 Å². The van der Waals surface area contributed by atoms with Gasteiger partial charge in [-0.2, -0.15) is 5.10 Å². The van der Waals surface area contributed by atoms with Crippen molar-refractivity contribution in [2.45, 2.75) is 20.0 Å². The summed E-state index contributed by atoms with van der Waals surface area (Å²) in [5.74, 6) is 0.797. The van der Waals surface area contributed by atoms with E-state index in [9.17, 15) is 0 Å². The fourth-order valence-corrected chi connectivity index (χ4v) is 2.11. The molecule has 124 valence electrons. The van der Waals surface area contributed by atoms with E-state index in [2.05, 4.69) is 43.9 Å². The van der Waals surface area contributed by atoms with Gasteiger partial charge < -0.3 is 15.4 Å². The minimum Gasteiger partial charge on any atom is -0.383 e. The lowest BCUT2D eigenvalue weighted by Crippen LogP contribution is -2.38. The Kier molecular flexibility index (Phi) is 7.06. The summed E-state index contributed by atoms with van der Waals surface area (Å²) < 4.78 is 6.84. The Morgan fingerprint density at radius 2 is 2.17 bits per heavy atom. The molecule has 0 fully saturated rings. The van der Waals surface area contributed by atoms with Crippen LogP contribution >= 0.6 is 0 Å². The molecule has 1 heterocycles. The largest absolute Gasteiger partial charge is 0.383 e. The van der Waals surface area contributed by atoms with Crippen molar-refractivity contribution in [2.24, 2.45) is 4.99 Å². The van der Waals surface area contributed by atoms with E-state index in [1.165, 1.54) is 5.56 Å². The third kappa shape index (κ3) is 6.07. The monoisotopic (exact) mass is 316 g/mol. The molecule has 1 aromatic heterocycles. The van der Waals surface area contributed by atoms with Crippen molar-refractivity contribution in [2.75, 3.05) is 26.8 Å². The quantitative estimate of drug-likeness (QED) is 0.432. The standard InChI is InChI=1S/C16H24N6O/c1-3-18-16(19-7-8-23-2)20-10-14-5-4-6-15(9-14)11-22-13-17-12-21-22/h4-6,9,12-13H,3,7-8,10-11H2,1-2H3,(H2,18,19,20). The highest BCUT2D eigenvalue weighted by Crippen LogP contribution is 2.08. The number of hydrogen-bond acceptors (Lipinski definition) is 4. The Bertz CT molecular complexity index is 596. The SMILES string of the molecule is CCNC(=NCc1cccc(Cn2cncn2)c1)NCCOC. The van der Waals surface area contributed by atoms with E-state index in [0.717, 1.165) is 24.6 Å². The predicted octanol–water partition coefficient (Wildman–Crippen LogP) is 1.03. The van der Waals surface area contributed by atoms with Gasteiger partial charge in [0.2, 0.25) is 0 Å². The average Bonchev–Trinajstić information content (AvgIpc) is 3.06. The van der Waals surface area contributed by atoms with Crippen LogP contribution in [0.4, 0.5) is 0 Å². The van der Waals surface area contributed by atoms with Crippen molar-refractivity contribution in [3.05, 3.63) is 48.0 Å². The highest BCUT2D eigenvalue weighted by Gasteiger charge is 2.00. The van der Waals surface area contributed by atoms with Gasteiger partial charge in [-0.1, -0.05) is 24.3 Å².